The van der Waals surface area contributed by atoms with Gasteiger partial charge in [0.15, 0.2) is 0 Å². The van der Waals surface area contributed by atoms with Crippen LogP contribution in [0.4, 0.5) is 11.4 Å². The highest BCUT2D eigenvalue weighted by Crippen LogP contribution is 2.34. The highest BCUT2D eigenvalue weighted by atomic mass is 127. The van der Waals surface area contributed by atoms with Crippen molar-refractivity contribution in [1.82, 2.24) is 8.87 Å². The maximum absolute atomic E-state index is 13.5. The van der Waals surface area contributed by atoms with Crippen LogP contribution in [0.15, 0.2) is 58.4 Å². The van der Waals surface area contributed by atoms with E-state index >= 15 is 0 Å². The van der Waals surface area contributed by atoms with Crippen LogP contribution < -0.4 is 4.90 Å². The minimum absolute atomic E-state index is 0.323. The van der Waals surface area contributed by atoms with Crippen LogP contribution in [0.5, 0.6) is 0 Å². The smallest absolute Gasteiger partial charge is 0.243 e. The molecule has 0 atom stereocenters. The van der Waals surface area contributed by atoms with Gasteiger partial charge in [-0.25, -0.2) is 8.42 Å². The fourth-order valence-corrected chi connectivity index (χ4v) is 6.75. The molecular weight excluding hydrogens is 587 g/mol. The van der Waals surface area contributed by atoms with E-state index in [1.807, 2.05) is 42.6 Å². The Kier molecular flexibility index (Phi) is 7.52. The average Bonchev–Trinajstić information content (AvgIpc) is 3.52. The fraction of sp³-hybridized carbons (Fsp3) is 0.370. The normalized spacial score (nSPS) is 17.4. The Morgan fingerprint density at radius 1 is 0.917 bits per heavy atom. The third-order valence-electron chi connectivity index (χ3n) is 6.89. The third-order valence-corrected chi connectivity index (χ3v) is 9.51. The number of halogens is 1. The van der Waals surface area contributed by atoms with Crippen LogP contribution in [0.1, 0.15) is 29.8 Å². The molecule has 190 valence electrons. The minimum Gasteiger partial charge on any atom is -0.379 e. The molecule has 0 radical (unpaired) electrons. The second-order valence-corrected chi connectivity index (χ2v) is 12.4. The molecule has 0 bridgehead atoms. The number of anilines is 1. The molecule has 7 nitrogen and oxygen atoms in total. The Bertz CT molecular complexity index is 1370. The second kappa shape index (κ2) is 10.6. The summed E-state index contributed by atoms with van der Waals surface area (Å²) in [5.41, 5.74) is 5.95. The predicted molar refractivity (Wildman–Crippen MR) is 153 cm³/mol. The van der Waals surface area contributed by atoms with Gasteiger partial charge >= 0.3 is 0 Å². The molecule has 9 heteroatoms. The molecule has 3 heterocycles. The SMILES string of the molecule is Cc1cc(C=Nc2ccc(I)cc2)c(C)n1-c1cc(S(=O)(=O)N2CCOCC2)ccc1N1CCCC1. The molecule has 2 aromatic carbocycles. The summed E-state index contributed by atoms with van der Waals surface area (Å²) in [5, 5.41) is 0. The van der Waals surface area contributed by atoms with Gasteiger partial charge in [0, 0.05) is 52.9 Å². The Morgan fingerprint density at radius 3 is 2.31 bits per heavy atom. The molecule has 1 aromatic heterocycles. The van der Waals surface area contributed by atoms with Crippen LogP contribution in [-0.2, 0) is 14.8 Å². The number of hydrogen-bond acceptors (Lipinski definition) is 5. The van der Waals surface area contributed by atoms with E-state index in [0.717, 1.165) is 59.9 Å². The number of aliphatic imine (C=N–C) groups is 1. The first-order chi connectivity index (χ1) is 17.3. The molecule has 2 aliphatic heterocycles. The van der Waals surface area contributed by atoms with Gasteiger partial charge in [-0.1, -0.05) is 0 Å². The Balaban J connectivity index is 1.57. The lowest BCUT2D eigenvalue weighted by atomic mass is 10.2. The number of benzene rings is 2. The molecule has 0 saturated carbocycles. The number of aromatic nitrogens is 1. The zero-order valence-corrected chi connectivity index (χ0v) is 23.6. The van der Waals surface area contributed by atoms with E-state index in [-0.39, 0.29) is 0 Å². The number of nitrogens with zero attached hydrogens (tertiary/aromatic N) is 4. The van der Waals surface area contributed by atoms with Crippen LogP contribution >= 0.6 is 22.6 Å². The highest BCUT2D eigenvalue weighted by molar-refractivity contribution is 14.1. The van der Waals surface area contributed by atoms with Crippen LogP contribution in [0.2, 0.25) is 0 Å². The molecule has 2 saturated heterocycles. The van der Waals surface area contributed by atoms with Crippen molar-refractivity contribution in [3.8, 4) is 5.69 Å². The van der Waals surface area contributed by atoms with Crippen molar-refractivity contribution >= 4 is 50.2 Å². The highest BCUT2D eigenvalue weighted by Gasteiger charge is 2.28. The van der Waals surface area contributed by atoms with E-state index in [0.29, 0.717) is 31.2 Å². The molecule has 3 aromatic rings. The molecule has 5 rings (SSSR count). The number of rotatable bonds is 6. The topological polar surface area (TPSA) is 67.1 Å². The lowest BCUT2D eigenvalue weighted by molar-refractivity contribution is 0.0730. The van der Waals surface area contributed by atoms with Gasteiger partial charge in [0.1, 0.15) is 0 Å². The zero-order chi connectivity index (χ0) is 25.3. The van der Waals surface area contributed by atoms with Crippen molar-refractivity contribution < 1.29 is 13.2 Å². The van der Waals surface area contributed by atoms with Crippen molar-refractivity contribution in [2.75, 3.05) is 44.3 Å². The summed E-state index contributed by atoms with van der Waals surface area (Å²) in [7, 11) is -3.61. The van der Waals surface area contributed by atoms with Gasteiger partial charge in [0.05, 0.1) is 35.2 Å². The average molecular weight is 619 g/mol. The Morgan fingerprint density at radius 2 is 1.61 bits per heavy atom. The van der Waals surface area contributed by atoms with Crippen LogP contribution in [0.25, 0.3) is 5.69 Å². The summed E-state index contributed by atoms with van der Waals surface area (Å²) in [6, 6.07) is 15.8. The molecule has 36 heavy (non-hydrogen) atoms. The van der Waals surface area contributed by atoms with Gasteiger partial charge in [-0.2, -0.15) is 4.31 Å². The van der Waals surface area contributed by atoms with E-state index < -0.39 is 10.0 Å². The molecule has 0 spiro atoms. The first-order valence-corrected chi connectivity index (χ1v) is 14.8. The van der Waals surface area contributed by atoms with E-state index in [9.17, 15) is 8.42 Å². The molecule has 0 unspecified atom stereocenters. The minimum atomic E-state index is -3.61. The number of ether oxygens (including phenoxy) is 1. The molecule has 0 amide bonds. The third kappa shape index (κ3) is 5.11. The summed E-state index contributed by atoms with van der Waals surface area (Å²) in [6.45, 7) is 7.70. The second-order valence-electron chi connectivity index (χ2n) is 9.26. The maximum atomic E-state index is 13.5. The van der Waals surface area contributed by atoms with Crippen molar-refractivity contribution in [2.45, 2.75) is 31.6 Å². The first kappa shape index (κ1) is 25.4. The fourth-order valence-electron chi connectivity index (χ4n) is 4.96. The van der Waals surface area contributed by atoms with Crippen LogP contribution in [0.3, 0.4) is 0 Å². The quantitative estimate of drug-likeness (QED) is 0.286. The summed E-state index contributed by atoms with van der Waals surface area (Å²) < 4.78 is 37.2. The van der Waals surface area contributed by atoms with Crippen LogP contribution in [-0.4, -0.2) is 62.9 Å². The van der Waals surface area contributed by atoms with E-state index in [1.165, 1.54) is 7.88 Å². The van der Waals surface area contributed by atoms with Gasteiger partial charge in [0.25, 0.3) is 0 Å². The van der Waals surface area contributed by atoms with Gasteiger partial charge in [-0.05, 0) is 97.8 Å². The molecular formula is C27H31IN4O3S. The van der Waals surface area contributed by atoms with E-state index in [4.69, 9.17) is 4.74 Å². The zero-order valence-electron chi connectivity index (χ0n) is 20.7. The lowest BCUT2D eigenvalue weighted by Gasteiger charge is -2.28. The number of morpholine rings is 1. The van der Waals surface area contributed by atoms with E-state index in [1.54, 1.807) is 6.07 Å². The van der Waals surface area contributed by atoms with Gasteiger partial charge in [-0.15, -0.1) is 0 Å². The van der Waals surface area contributed by atoms with Gasteiger partial charge in [0.2, 0.25) is 10.0 Å². The predicted octanol–water partition coefficient (Wildman–Crippen LogP) is 5.07. The number of aryl methyl sites for hydroxylation is 1. The van der Waals surface area contributed by atoms with Crippen molar-refractivity contribution in [3.05, 3.63) is 69.1 Å². The number of sulfonamides is 1. The Hall–Kier alpha value is -2.21. The van der Waals surface area contributed by atoms with Crippen molar-refractivity contribution in [1.29, 1.82) is 0 Å². The van der Waals surface area contributed by atoms with Crippen molar-refractivity contribution in [3.63, 3.8) is 0 Å². The van der Waals surface area contributed by atoms with Gasteiger partial charge < -0.3 is 14.2 Å². The van der Waals surface area contributed by atoms with Gasteiger partial charge in [-0.3, -0.25) is 4.99 Å². The standard InChI is InChI=1S/C27H31IN4O3S/c1-20-17-22(19-29-24-7-5-23(28)6-8-24)21(2)32(20)27-18-25(9-10-26(27)30-11-3-4-12-30)36(33,34)31-13-15-35-16-14-31/h5-10,17-19H,3-4,11-16H2,1-2H3. The monoisotopic (exact) mass is 618 g/mol. The largest absolute Gasteiger partial charge is 0.379 e. The molecule has 0 N–H and O–H groups in total. The summed E-state index contributed by atoms with van der Waals surface area (Å²) in [4.78, 5) is 7.36. The lowest BCUT2D eigenvalue weighted by Crippen LogP contribution is -2.40. The molecule has 0 aliphatic carbocycles. The van der Waals surface area contributed by atoms with E-state index in [2.05, 4.69) is 57.0 Å². The molecule has 2 fully saturated rings. The summed E-state index contributed by atoms with van der Waals surface area (Å²) in [6.07, 6.45) is 4.18. The summed E-state index contributed by atoms with van der Waals surface area (Å²) in [5.74, 6) is 0. The first-order valence-electron chi connectivity index (χ1n) is 12.3. The maximum Gasteiger partial charge on any atom is 0.243 e. The summed E-state index contributed by atoms with van der Waals surface area (Å²) >= 11 is 2.29. The van der Waals surface area contributed by atoms with Crippen molar-refractivity contribution in [2.24, 2.45) is 4.99 Å². The number of hydrogen-bond donors (Lipinski definition) is 0. The molecule has 2 aliphatic rings. The van der Waals surface area contributed by atoms with Crippen LogP contribution in [0, 0.1) is 17.4 Å². The Labute approximate surface area is 227 Å².